The van der Waals surface area contributed by atoms with E-state index in [1.165, 1.54) is 25.0 Å². The van der Waals surface area contributed by atoms with Crippen molar-refractivity contribution >= 4 is 22.9 Å². The van der Waals surface area contributed by atoms with Gasteiger partial charge in [-0.25, -0.2) is 8.78 Å². The average Bonchev–Trinajstić information content (AvgIpc) is 3.08. The van der Waals surface area contributed by atoms with Crippen LogP contribution in [0.5, 0.6) is 0 Å². The van der Waals surface area contributed by atoms with E-state index in [0.29, 0.717) is 6.54 Å². The van der Waals surface area contributed by atoms with Crippen LogP contribution in [0.15, 0.2) is 12.1 Å². The number of rotatable bonds is 5. The first-order valence-electron chi connectivity index (χ1n) is 5.61. The highest BCUT2D eigenvalue weighted by Crippen LogP contribution is 2.32. The lowest BCUT2D eigenvalue weighted by atomic mass is 10.1. The van der Waals surface area contributed by atoms with Crippen molar-refractivity contribution in [3.63, 3.8) is 0 Å². The Morgan fingerprint density at radius 1 is 1.35 bits per heavy atom. The quantitative estimate of drug-likeness (QED) is 0.796. The Balaban J connectivity index is 2.06. The fraction of sp³-hybridized carbons (Fsp3) is 0.417. The van der Waals surface area contributed by atoms with Crippen LogP contribution < -0.4 is 11.1 Å². The topological polar surface area (TPSA) is 38.0 Å². The summed E-state index contributed by atoms with van der Waals surface area (Å²) in [6, 6.07) is 2.88. The molecule has 1 aromatic carbocycles. The van der Waals surface area contributed by atoms with Crippen LogP contribution in [0.1, 0.15) is 24.8 Å². The van der Waals surface area contributed by atoms with Crippen molar-refractivity contribution in [1.29, 1.82) is 0 Å². The summed E-state index contributed by atoms with van der Waals surface area (Å²) in [5.74, 6) is -1.13. The van der Waals surface area contributed by atoms with E-state index in [4.69, 9.17) is 5.73 Å². The summed E-state index contributed by atoms with van der Waals surface area (Å²) in [7, 11) is 0. The third kappa shape index (κ3) is 2.91. The summed E-state index contributed by atoms with van der Waals surface area (Å²) in [6.45, 7) is 0.660. The highest BCUT2D eigenvalue weighted by Gasteiger charge is 2.21. The fourth-order valence-corrected chi connectivity index (χ4v) is 1.85. The van der Waals surface area contributed by atoms with Crippen LogP contribution >= 0.6 is 12.2 Å². The number of anilines is 1. The molecule has 0 unspecified atom stereocenters. The molecule has 0 atom stereocenters. The molecular formula is C12H14F2N2S. The number of thiocarbonyl (C=S) groups is 1. The monoisotopic (exact) mass is 256 g/mol. The second-order valence-electron chi connectivity index (χ2n) is 4.31. The van der Waals surface area contributed by atoms with E-state index in [0.717, 1.165) is 12.3 Å². The second-order valence-corrected chi connectivity index (χ2v) is 4.75. The zero-order valence-corrected chi connectivity index (χ0v) is 10.1. The summed E-state index contributed by atoms with van der Waals surface area (Å²) in [5.41, 5.74) is 5.40. The van der Waals surface area contributed by atoms with E-state index < -0.39 is 11.6 Å². The first-order chi connectivity index (χ1) is 8.09. The Morgan fingerprint density at radius 2 is 2.06 bits per heavy atom. The summed E-state index contributed by atoms with van der Waals surface area (Å²) in [4.78, 5) is -0.133. The Morgan fingerprint density at radius 3 is 2.65 bits per heavy atom. The lowest BCUT2D eigenvalue weighted by molar-refractivity contribution is 0.509. The molecule has 0 amide bonds. The SMILES string of the molecule is NC(=S)c1ccc(NCCC2CC2)c(F)c1F. The van der Waals surface area contributed by atoms with E-state index in [9.17, 15) is 8.78 Å². The number of nitrogens with one attached hydrogen (secondary N) is 1. The number of halogens is 2. The molecule has 0 saturated heterocycles. The predicted octanol–water partition coefficient (Wildman–Crippen LogP) is 2.81. The first-order valence-corrected chi connectivity index (χ1v) is 6.02. The minimum Gasteiger partial charge on any atom is -0.389 e. The first kappa shape index (κ1) is 12.2. The van der Waals surface area contributed by atoms with Gasteiger partial charge in [0.15, 0.2) is 11.6 Å². The molecular weight excluding hydrogens is 242 g/mol. The minimum absolute atomic E-state index is 0.0507. The number of benzene rings is 1. The fourth-order valence-electron chi connectivity index (χ4n) is 1.69. The third-order valence-electron chi connectivity index (χ3n) is 2.91. The predicted molar refractivity (Wildman–Crippen MR) is 68.1 cm³/mol. The van der Waals surface area contributed by atoms with Crippen molar-refractivity contribution < 1.29 is 8.78 Å². The number of hydrogen-bond acceptors (Lipinski definition) is 2. The van der Waals surface area contributed by atoms with Crippen molar-refractivity contribution in [2.45, 2.75) is 19.3 Å². The van der Waals surface area contributed by atoms with Gasteiger partial charge in [0.1, 0.15) is 4.99 Å². The zero-order valence-electron chi connectivity index (χ0n) is 9.30. The van der Waals surface area contributed by atoms with Crippen molar-refractivity contribution in [2.75, 3.05) is 11.9 Å². The van der Waals surface area contributed by atoms with Crippen molar-refractivity contribution in [3.8, 4) is 0 Å². The van der Waals surface area contributed by atoms with Crippen molar-refractivity contribution in [1.82, 2.24) is 0 Å². The van der Waals surface area contributed by atoms with Gasteiger partial charge < -0.3 is 11.1 Å². The average molecular weight is 256 g/mol. The molecule has 2 rings (SSSR count). The largest absolute Gasteiger partial charge is 0.389 e. The Labute approximate surface area is 104 Å². The summed E-state index contributed by atoms with van der Waals surface area (Å²) in [5, 5.41) is 2.89. The van der Waals surface area contributed by atoms with Crippen molar-refractivity contribution in [2.24, 2.45) is 11.7 Å². The van der Waals surface area contributed by atoms with Gasteiger partial charge in [0.05, 0.1) is 5.69 Å². The lowest BCUT2D eigenvalue weighted by Gasteiger charge is -2.09. The van der Waals surface area contributed by atoms with Gasteiger partial charge in [-0.3, -0.25) is 0 Å². The molecule has 1 aliphatic rings. The molecule has 0 aliphatic heterocycles. The van der Waals surface area contributed by atoms with Crippen LogP contribution in [0.3, 0.4) is 0 Å². The molecule has 1 fully saturated rings. The van der Waals surface area contributed by atoms with Gasteiger partial charge in [-0.1, -0.05) is 25.1 Å². The standard InChI is InChI=1S/C12H14F2N2S/c13-10-8(12(15)17)3-4-9(11(10)14)16-6-5-7-1-2-7/h3-4,7,16H,1-2,5-6H2,(H2,15,17). The van der Waals surface area contributed by atoms with E-state index in [2.05, 4.69) is 17.5 Å². The van der Waals surface area contributed by atoms with Gasteiger partial charge in [0, 0.05) is 12.1 Å². The maximum absolute atomic E-state index is 13.6. The molecule has 1 aliphatic carbocycles. The molecule has 5 heteroatoms. The van der Waals surface area contributed by atoms with Gasteiger partial charge in [-0.2, -0.15) is 0 Å². The normalized spacial score (nSPS) is 14.7. The van der Waals surface area contributed by atoms with Gasteiger partial charge in [0.2, 0.25) is 0 Å². The van der Waals surface area contributed by atoms with Crippen molar-refractivity contribution in [3.05, 3.63) is 29.3 Å². The summed E-state index contributed by atoms with van der Waals surface area (Å²) >= 11 is 4.63. The molecule has 3 N–H and O–H groups in total. The van der Waals surface area contributed by atoms with Crippen LogP contribution in [0, 0.1) is 17.6 Å². The van der Waals surface area contributed by atoms with E-state index in [1.54, 1.807) is 0 Å². The smallest absolute Gasteiger partial charge is 0.182 e. The number of hydrogen-bond donors (Lipinski definition) is 2. The number of nitrogens with two attached hydrogens (primary N) is 1. The third-order valence-corrected chi connectivity index (χ3v) is 3.13. The van der Waals surface area contributed by atoms with Gasteiger partial charge in [-0.15, -0.1) is 0 Å². The highest BCUT2D eigenvalue weighted by molar-refractivity contribution is 7.80. The summed E-state index contributed by atoms with van der Waals surface area (Å²) in [6.07, 6.45) is 3.50. The molecule has 0 radical (unpaired) electrons. The molecule has 92 valence electrons. The van der Waals surface area contributed by atoms with Crippen LogP contribution in [0.4, 0.5) is 14.5 Å². The zero-order chi connectivity index (χ0) is 12.4. The van der Waals surface area contributed by atoms with Crippen LogP contribution in [0.2, 0.25) is 0 Å². The maximum Gasteiger partial charge on any atom is 0.182 e. The van der Waals surface area contributed by atoms with Gasteiger partial charge in [0.25, 0.3) is 0 Å². The summed E-state index contributed by atoms with van der Waals surface area (Å²) < 4.78 is 27.1. The van der Waals surface area contributed by atoms with E-state index in [-0.39, 0.29) is 16.2 Å². The van der Waals surface area contributed by atoms with Crippen LogP contribution in [-0.2, 0) is 0 Å². The highest BCUT2D eigenvalue weighted by atomic mass is 32.1. The molecule has 0 aromatic heterocycles. The molecule has 0 bridgehead atoms. The molecule has 17 heavy (non-hydrogen) atoms. The molecule has 1 aromatic rings. The Kier molecular flexibility index (Phi) is 3.57. The van der Waals surface area contributed by atoms with E-state index >= 15 is 0 Å². The molecule has 0 heterocycles. The lowest BCUT2D eigenvalue weighted by Crippen LogP contribution is -2.14. The molecule has 0 spiro atoms. The maximum atomic E-state index is 13.6. The van der Waals surface area contributed by atoms with Crippen LogP contribution in [0.25, 0.3) is 0 Å². The van der Waals surface area contributed by atoms with Gasteiger partial charge in [-0.05, 0) is 24.5 Å². The van der Waals surface area contributed by atoms with Crippen LogP contribution in [-0.4, -0.2) is 11.5 Å². The van der Waals surface area contributed by atoms with E-state index in [1.807, 2.05) is 0 Å². The Bertz CT molecular complexity index is 444. The van der Waals surface area contributed by atoms with Gasteiger partial charge >= 0.3 is 0 Å². The molecule has 2 nitrogen and oxygen atoms in total. The minimum atomic E-state index is -0.978. The Hall–Kier alpha value is -1.23. The molecule has 1 saturated carbocycles. The second kappa shape index (κ2) is 4.96.